The van der Waals surface area contributed by atoms with Crippen LogP contribution in [0.5, 0.6) is 0 Å². The Bertz CT molecular complexity index is 1160. The van der Waals surface area contributed by atoms with E-state index in [1.54, 1.807) is 42.5 Å². The number of nitro groups is 1. The lowest BCUT2D eigenvalue weighted by Gasteiger charge is -2.21. The van der Waals surface area contributed by atoms with Gasteiger partial charge >= 0.3 is 6.03 Å². The molecule has 9 nitrogen and oxygen atoms in total. The number of non-ortho nitro benzene ring substituents is 1. The molecule has 33 heavy (non-hydrogen) atoms. The standard InChI is InChI=1S/C24H23N5O4/c30-23(21-16-20(29(32)33)12-13-22(21)28-14-4-5-15-28)25-18-8-10-19(11-9-18)27-24(31)26-17-6-2-1-3-7-17/h1-3,6-13,16H,4-5,14-15H2,(H,25,30)(H2,26,27,31). The molecule has 168 valence electrons. The van der Waals surface area contributed by atoms with Crippen molar-refractivity contribution in [3.63, 3.8) is 0 Å². The van der Waals surface area contributed by atoms with E-state index < -0.39 is 10.8 Å². The van der Waals surface area contributed by atoms with Crippen LogP contribution >= 0.6 is 0 Å². The molecule has 0 bridgehead atoms. The number of hydrogen-bond donors (Lipinski definition) is 3. The van der Waals surface area contributed by atoms with E-state index in [2.05, 4.69) is 20.9 Å². The highest BCUT2D eigenvalue weighted by molar-refractivity contribution is 6.09. The Morgan fingerprint density at radius 3 is 1.97 bits per heavy atom. The molecule has 0 saturated carbocycles. The molecule has 3 aromatic rings. The van der Waals surface area contributed by atoms with Gasteiger partial charge in [-0.1, -0.05) is 18.2 Å². The third-order valence-corrected chi connectivity index (χ3v) is 5.31. The third-order valence-electron chi connectivity index (χ3n) is 5.31. The number of benzene rings is 3. The van der Waals surface area contributed by atoms with Gasteiger partial charge in [0, 0.05) is 42.3 Å². The Morgan fingerprint density at radius 2 is 1.36 bits per heavy atom. The largest absolute Gasteiger partial charge is 0.371 e. The molecule has 0 aliphatic carbocycles. The first-order valence-corrected chi connectivity index (χ1v) is 10.6. The quantitative estimate of drug-likeness (QED) is 0.361. The van der Waals surface area contributed by atoms with Gasteiger partial charge in [0.2, 0.25) is 0 Å². The third kappa shape index (κ3) is 5.45. The lowest BCUT2D eigenvalue weighted by Crippen LogP contribution is -2.23. The number of amides is 3. The van der Waals surface area contributed by atoms with E-state index in [0.717, 1.165) is 25.9 Å². The van der Waals surface area contributed by atoms with Gasteiger partial charge in [-0.2, -0.15) is 0 Å². The summed E-state index contributed by atoms with van der Waals surface area (Å²) in [5, 5.41) is 19.5. The molecule has 0 unspecified atom stereocenters. The topological polar surface area (TPSA) is 117 Å². The average Bonchev–Trinajstić information content (AvgIpc) is 3.35. The number of nitrogens with one attached hydrogen (secondary N) is 3. The first-order valence-electron chi connectivity index (χ1n) is 10.6. The van der Waals surface area contributed by atoms with E-state index in [1.807, 2.05) is 18.2 Å². The van der Waals surface area contributed by atoms with Crippen molar-refractivity contribution in [2.45, 2.75) is 12.8 Å². The molecule has 1 aliphatic heterocycles. The first kappa shape index (κ1) is 21.8. The van der Waals surface area contributed by atoms with Crippen molar-refractivity contribution in [3.8, 4) is 0 Å². The fourth-order valence-corrected chi connectivity index (χ4v) is 3.70. The van der Waals surface area contributed by atoms with Crippen LogP contribution in [0.2, 0.25) is 0 Å². The predicted octanol–water partition coefficient (Wildman–Crippen LogP) is 5.09. The van der Waals surface area contributed by atoms with Crippen LogP contribution in [-0.2, 0) is 0 Å². The van der Waals surface area contributed by atoms with E-state index in [4.69, 9.17) is 0 Å². The molecule has 1 aliphatic rings. The van der Waals surface area contributed by atoms with Crippen molar-refractivity contribution in [2.75, 3.05) is 33.9 Å². The molecule has 3 aromatic carbocycles. The molecular formula is C24H23N5O4. The second-order valence-corrected chi connectivity index (χ2v) is 7.63. The minimum atomic E-state index is -0.508. The summed E-state index contributed by atoms with van der Waals surface area (Å²) in [5.41, 5.74) is 2.54. The molecule has 1 heterocycles. The van der Waals surface area contributed by atoms with Gasteiger partial charge in [0.15, 0.2) is 0 Å². The monoisotopic (exact) mass is 445 g/mol. The van der Waals surface area contributed by atoms with Crippen LogP contribution in [0.15, 0.2) is 72.8 Å². The number of rotatable bonds is 6. The van der Waals surface area contributed by atoms with Crippen molar-refractivity contribution in [3.05, 3.63) is 88.5 Å². The molecule has 9 heteroatoms. The number of nitro benzene ring substituents is 1. The van der Waals surface area contributed by atoms with Gasteiger partial charge in [-0.3, -0.25) is 14.9 Å². The summed E-state index contributed by atoms with van der Waals surface area (Å²) in [6.07, 6.45) is 2.04. The summed E-state index contributed by atoms with van der Waals surface area (Å²) in [6, 6.07) is 19.7. The highest BCUT2D eigenvalue weighted by atomic mass is 16.6. The lowest BCUT2D eigenvalue weighted by atomic mass is 10.1. The van der Waals surface area contributed by atoms with Gasteiger partial charge in [-0.15, -0.1) is 0 Å². The van der Waals surface area contributed by atoms with Gasteiger partial charge in [-0.05, 0) is 55.3 Å². The fourth-order valence-electron chi connectivity index (χ4n) is 3.70. The Labute approximate surface area is 190 Å². The van der Waals surface area contributed by atoms with Crippen molar-refractivity contribution >= 4 is 40.4 Å². The van der Waals surface area contributed by atoms with Gasteiger partial charge in [0.1, 0.15) is 0 Å². The van der Waals surface area contributed by atoms with Crippen molar-refractivity contribution in [1.82, 2.24) is 0 Å². The normalized spacial score (nSPS) is 12.8. The zero-order chi connectivity index (χ0) is 23.2. The van der Waals surface area contributed by atoms with Crippen LogP contribution in [0.3, 0.4) is 0 Å². The zero-order valence-electron chi connectivity index (χ0n) is 17.8. The second-order valence-electron chi connectivity index (χ2n) is 7.63. The van der Waals surface area contributed by atoms with E-state index in [9.17, 15) is 19.7 Å². The Balaban J connectivity index is 1.44. The molecular weight excluding hydrogens is 422 g/mol. The summed E-state index contributed by atoms with van der Waals surface area (Å²) < 4.78 is 0. The highest BCUT2D eigenvalue weighted by Gasteiger charge is 2.22. The van der Waals surface area contributed by atoms with Crippen LogP contribution < -0.4 is 20.9 Å². The molecule has 0 spiro atoms. The number of urea groups is 1. The first-order chi connectivity index (χ1) is 16.0. The molecule has 4 rings (SSSR count). The Morgan fingerprint density at radius 1 is 0.788 bits per heavy atom. The van der Waals surface area contributed by atoms with Gasteiger partial charge < -0.3 is 20.9 Å². The summed E-state index contributed by atoms with van der Waals surface area (Å²) in [6.45, 7) is 1.62. The van der Waals surface area contributed by atoms with E-state index >= 15 is 0 Å². The molecule has 0 radical (unpaired) electrons. The maximum Gasteiger partial charge on any atom is 0.323 e. The SMILES string of the molecule is O=C(Nc1ccccc1)Nc1ccc(NC(=O)c2cc([N+](=O)[O-])ccc2N2CCCC2)cc1. The lowest BCUT2D eigenvalue weighted by molar-refractivity contribution is -0.384. The summed E-state index contributed by atoms with van der Waals surface area (Å²) in [7, 11) is 0. The molecule has 0 atom stereocenters. The van der Waals surface area contributed by atoms with Crippen molar-refractivity contribution in [1.29, 1.82) is 0 Å². The minimum Gasteiger partial charge on any atom is -0.371 e. The van der Waals surface area contributed by atoms with Gasteiger partial charge in [-0.25, -0.2) is 4.79 Å². The maximum atomic E-state index is 13.0. The number of hydrogen-bond acceptors (Lipinski definition) is 5. The van der Waals surface area contributed by atoms with Crippen LogP contribution in [0.1, 0.15) is 23.2 Å². The maximum absolute atomic E-state index is 13.0. The molecule has 0 aromatic heterocycles. The van der Waals surface area contributed by atoms with E-state index in [0.29, 0.717) is 22.7 Å². The fraction of sp³-hybridized carbons (Fsp3) is 0.167. The molecule has 1 saturated heterocycles. The summed E-state index contributed by atoms with van der Waals surface area (Å²) in [5.74, 6) is -0.428. The summed E-state index contributed by atoms with van der Waals surface area (Å²) >= 11 is 0. The Hall–Kier alpha value is -4.40. The highest BCUT2D eigenvalue weighted by Crippen LogP contribution is 2.29. The van der Waals surface area contributed by atoms with Gasteiger partial charge in [0.05, 0.1) is 16.2 Å². The number of para-hydroxylation sites is 1. The van der Waals surface area contributed by atoms with Crippen molar-refractivity contribution < 1.29 is 14.5 Å². The van der Waals surface area contributed by atoms with Crippen LogP contribution in [0, 0.1) is 10.1 Å². The molecule has 3 amide bonds. The van der Waals surface area contributed by atoms with Crippen LogP contribution in [-0.4, -0.2) is 30.0 Å². The zero-order valence-corrected chi connectivity index (χ0v) is 17.8. The van der Waals surface area contributed by atoms with Gasteiger partial charge in [0.25, 0.3) is 11.6 Å². The van der Waals surface area contributed by atoms with Crippen molar-refractivity contribution in [2.24, 2.45) is 0 Å². The van der Waals surface area contributed by atoms with E-state index in [-0.39, 0.29) is 17.3 Å². The average molecular weight is 445 g/mol. The molecule has 3 N–H and O–H groups in total. The van der Waals surface area contributed by atoms with Crippen LogP contribution in [0.4, 0.5) is 33.2 Å². The summed E-state index contributed by atoms with van der Waals surface area (Å²) in [4.78, 5) is 37.9. The number of nitrogens with zero attached hydrogens (tertiary/aromatic N) is 2. The van der Waals surface area contributed by atoms with E-state index in [1.165, 1.54) is 12.1 Å². The second kappa shape index (κ2) is 9.82. The number of carbonyl (C=O) groups excluding carboxylic acids is 2. The van der Waals surface area contributed by atoms with Crippen LogP contribution in [0.25, 0.3) is 0 Å². The predicted molar refractivity (Wildman–Crippen MR) is 128 cm³/mol. The smallest absolute Gasteiger partial charge is 0.323 e. The number of carbonyl (C=O) groups is 2. The number of anilines is 4. The molecule has 1 fully saturated rings. The Kier molecular flexibility index (Phi) is 6.49. The minimum absolute atomic E-state index is 0.132.